The monoisotopic (exact) mass is 560 g/mol. The zero-order valence-corrected chi connectivity index (χ0v) is 24.5. The molecule has 0 spiro atoms. The first-order valence-electron chi connectivity index (χ1n) is 14.8. The van der Waals surface area contributed by atoms with E-state index >= 15 is 0 Å². The maximum absolute atomic E-state index is 13.7. The van der Waals surface area contributed by atoms with E-state index < -0.39 is 6.67 Å². The SMILES string of the molecule is CCCCc1cc(=O)n2c3c(c(OC)ccc13)C=C(C)C(C(CCCF)CC1=CC(=O)NC3C=CC=C(OC)C13)C2. The van der Waals surface area contributed by atoms with Crippen LogP contribution in [0, 0.1) is 17.8 Å². The Morgan fingerprint density at radius 3 is 2.71 bits per heavy atom. The minimum absolute atomic E-state index is 0.0193. The van der Waals surface area contributed by atoms with Crippen LogP contribution in [-0.4, -0.2) is 37.4 Å². The van der Waals surface area contributed by atoms with E-state index in [1.807, 2.05) is 28.9 Å². The number of hydrogen-bond acceptors (Lipinski definition) is 4. The summed E-state index contributed by atoms with van der Waals surface area (Å²) < 4.78 is 27.0. The van der Waals surface area contributed by atoms with Crippen molar-refractivity contribution in [2.45, 2.75) is 65.0 Å². The Kier molecular flexibility index (Phi) is 8.81. The number of alkyl halides is 1. The normalized spacial score (nSPS) is 22.2. The summed E-state index contributed by atoms with van der Waals surface area (Å²) in [5.74, 6) is 1.30. The van der Waals surface area contributed by atoms with Crippen molar-refractivity contribution in [1.29, 1.82) is 0 Å². The van der Waals surface area contributed by atoms with E-state index in [2.05, 4.69) is 31.3 Å². The summed E-state index contributed by atoms with van der Waals surface area (Å²) >= 11 is 0. The highest BCUT2D eigenvalue weighted by atomic mass is 19.1. The zero-order chi connectivity index (χ0) is 29.1. The molecule has 3 heterocycles. The molecule has 218 valence electrons. The standard InChI is InChI=1S/C34H41FN2O4/c1-5-6-9-23-19-32(39)37-20-27(21(2)16-26-29(40-3)14-13-25(23)34(26)37)22(10-8-15-35)17-24-18-31(38)36-28-11-7-12-30(41-4)33(24)28/h7,11-14,16,18-19,22,27-28,33H,5-6,8-10,15,17,20H2,1-4H3,(H,36,38). The number of allylic oxidation sites excluding steroid dienone is 3. The molecule has 1 N–H and O–H groups in total. The number of nitrogens with zero attached hydrogens (tertiary/aromatic N) is 1. The molecule has 6 nitrogen and oxygen atoms in total. The van der Waals surface area contributed by atoms with Crippen molar-refractivity contribution < 1.29 is 18.7 Å². The van der Waals surface area contributed by atoms with Gasteiger partial charge in [-0.2, -0.15) is 0 Å². The number of carbonyl (C=O) groups excluding carboxylic acids is 1. The lowest BCUT2D eigenvalue weighted by atomic mass is 9.74. The molecule has 0 radical (unpaired) electrons. The third-order valence-electron chi connectivity index (χ3n) is 8.99. The number of ether oxygens (including phenoxy) is 2. The van der Waals surface area contributed by atoms with Crippen LogP contribution >= 0.6 is 0 Å². The van der Waals surface area contributed by atoms with Crippen LogP contribution in [0.4, 0.5) is 4.39 Å². The molecule has 41 heavy (non-hydrogen) atoms. The highest BCUT2D eigenvalue weighted by molar-refractivity contribution is 5.93. The second-order valence-electron chi connectivity index (χ2n) is 11.5. The highest BCUT2D eigenvalue weighted by Crippen LogP contribution is 2.42. The molecule has 1 aromatic heterocycles. The number of nitrogens with one attached hydrogen (secondary N) is 1. The first-order valence-corrected chi connectivity index (χ1v) is 14.8. The zero-order valence-electron chi connectivity index (χ0n) is 24.5. The number of halogens is 1. The molecule has 5 rings (SSSR count). The van der Waals surface area contributed by atoms with Gasteiger partial charge in [0.05, 0.1) is 38.4 Å². The molecule has 4 unspecified atom stereocenters. The van der Waals surface area contributed by atoms with Crippen molar-refractivity contribution in [3.8, 4) is 5.75 Å². The lowest BCUT2D eigenvalue weighted by Gasteiger charge is -2.37. The quantitative estimate of drug-likeness (QED) is 0.351. The Labute approximate surface area is 241 Å². The van der Waals surface area contributed by atoms with Crippen LogP contribution in [0.25, 0.3) is 17.0 Å². The number of carbonyl (C=O) groups is 1. The molecule has 1 amide bonds. The number of benzene rings is 1. The summed E-state index contributed by atoms with van der Waals surface area (Å²) in [4.78, 5) is 26.4. The van der Waals surface area contributed by atoms with Gasteiger partial charge >= 0.3 is 0 Å². The lowest BCUT2D eigenvalue weighted by molar-refractivity contribution is -0.117. The van der Waals surface area contributed by atoms with Gasteiger partial charge in [0.15, 0.2) is 0 Å². The van der Waals surface area contributed by atoms with Gasteiger partial charge in [-0.15, -0.1) is 0 Å². The molecule has 4 atom stereocenters. The number of methoxy groups -OCH3 is 2. The van der Waals surface area contributed by atoms with E-state index in [-0.39, 0.29) is 35.3 Å². The van der Waals surface area contributed by atoms with Crippen molar-refractivity contribution in [2.75, 3.05) is 20.9 Å². The Morgan fingerprint density at radius 1 is 1.15 bits per heavy atom. The van der Waals surface area contributed by atoms with Gasteiger partial charge in [-0.25, -0.2) is 0 Å². The molecule has 2 aliphatic heterocycles. The average Bonchev–Trinajstić information content (AvgIpc) is 3.12. The Hall–Kier alpha value is -3.61. The van der Waals surface area contributed by atoms with Gasteiger partial charge in [0.1, 0.15) is 11.5 Å². The molecule has 7 heteroatoms. The first-order chi connectivity index (χ1) is 19.9. The number of aromatic nitrogens is 1. The third-order valence-corrected chi connectivity index (χ3v) is 8.99. The lowest BCUT2D eigenvalue weighted by Crippen LogP contribution is -2.45. The van der Waals surface area contributed by atoms with Gasteiger partial charge in [-0.1, -0.05) is 36.6 Å². The van der Waals surface area contributed by atoms with Crippen molar-refractivity contribution in [3.05, 3.63) is 80.9 Å². The first kappa shape index (κ1) is 28.9. The second kappa shape index (κ2) is 12.5. The minimum Gasteiger partial charge on any atom is -0.500 e. The van der Waals surface area contributed by atoms with Gasteiger partial charge < -0.3 is 19.4 Å². The summed E-state index contributed by atoms with van der Waals surface area (Å²) in [6.45, 7) is 4.34. The van der Waals surface area contributed by atoms with E-state index in [0.29, 0.717) is 25.8 Å². The van der Waals surface area contributed by atoms with E-state index in [1.54, 1.807) is 26.4 Å². The number of hydrogen-bond donors (Lipinski definition) is 1. The van der Waals surface area contributed by atoms with Crippen molar-refractivity contribution in [3.63, 3.8) is 0 Å². The number of rotatable bonds is 11. The maximum Gasteiger partial charge on any atom is 0.251 e. The Bertz CT molecular complexity index is 1500. The summed E-state index contributed by atoms with van der Waals surface area (Å²) in [5, 5.41) is 4.12. The molecule has 2 aromatic rings. The van der Waals surface area contributed by atoms with Crippen LogP contribution in [0.15, 0.2) is 64.2 Å². The highest BCUT2D eigenvalue weighted by Gasteiger charge is 2.37. The van der Waals surface area contributed by atoms with Crippen LogP contribution in [0.2, 0.25) is 0 Å². The van der Waals surface area contributed by atoms with E-state index in [1.165, 1.54) is 0 Å². The van der Waals surface area contributed by atoms with Crippen LogP contribution in [-0.2, 0) is 22.5 Å². The molecule has 0 saturated heterocycles. The number of amides is 1. The molecule has 3 aliphatic rings. The molecule has 1 aliphatic carbocycles. The average molecular weight is 561 g/mol. The smallest absolute Gasteiger partial charge is 0.251 e. The molecule has 0 saturated carbocycles. The fraction of sp³-hybridized carbons (Fsp3) is 0.471. The second-order valence-corrected chi connectivity index (χ2v) is 11.5. The fourth-order valence-electron chi connectivity index (χ4n) is 6.96. The molecule has 1 aromatic carbocycles. The van der Waals surface area contributed by atoms with Crippen molar-refractivity contribution >= 4 is 22.9 Å². The van der Waals surface area contributed by atoms with Crippen LogP contribution in [0.5, 0.6) is 5.75 Å². The summed E-state index contributed by atoms with van der Waals surface area (Å²) in [6.07, 6.45) is 14.3. The Balaban J connectivity index is 1.59. The minimum atomic E-state index is -0.409. The van der Waals surface area contributed by atoms with Gasteiger partial charge in [0, 0.05) is 35.6 Å². The molecule has 0 bridgehead atoms. The molecule has 0 fully saturated rings. The van der Waals surface area contributed by atoms with Crippen molar-refractivity contribution in [1.82, 2.24) is 9.88 Å². The van der Waals surface area contributed by atoms with Gasteiger partial charge in [-0.3, -0.25) is 14.0 Å². The third kappa shape index (κ3) is 5.64. The van der Waals surface area contributed by atoms with Crippen LogP contribution in [0.1, 0.15) is 57.1 Å². The van der Waals surface area contributed by atoms with Crippen LogP contribution in [0.3, 0.4) is 0 Å². The van der Waals surface area contributed by atoms with E-state index in [0.717, 1.165) is 63.9 Å². The number of pyridine rings is 1. The van der Waals surface area contributed by atoms with Gasteiger partial charge in [-0.05, 0) is 74.8 Å². The number of unbranched alkanes of at least 4 members (excludes halogenated alkanes) is 1. The topological polar surface area (TPSA) is 69.6 Å². The van der Waals surface area contributed by atoms with E-state index in [4.69, 9.17) is 9.47 Å². The fourth-order valence-corrected chi connectivity index (χ4v) is 6.96. The predicted molar refractivity (Wildman–Crippen MR) is 162 cm³/mol. The maximum atomic E-state index is 13.7. The number of aryl methyl sites for hydroxylation is 1. The van der Waals surface area contributed by atoms with Crippen LogP contribution < -0.4 is 15.6 Å². The molecular formula is C34H41FN2O4. The summed E-state index contributed by atoms with van der Waals surface area (Å²) in [6, 6.07) is 5.68. The van der Waals surface area contributed by atoms with Gasteiger partial charge in [0.2, 0.25) is 5.91 Å². The van der Waals surface area contributed by atoms with Crippen molar-refractivity contribution in [2.24, 2.45) is 17.8 Å². The summed E-state index contributed by atoms with van der Waals surface area (Å²) in [7, 11) is 3.31. The summed E-state index contributed by atoms with van der Waals surface area (Å²) in [5.41, 5.74) is 4.99. The Morgan fingerprint density at radius 2 is 1.98 bits per heavy atom. The van der Waals surface area contributed by atoms with E-state index in [9.17, 15) is 14.0 Å². The van der Waals surface area contributed by atoms with Gasteiger partial charge in [0.25, 0.3) is 5.56 Å². The number of fused-ring (bicyclic) bond motifs is 1. The largest absolute Gasteiger partial charge is 0.500 e. The predicted octanol–water partition coefficient (Wildman–Crippen LogP) is 6.28. The molecular weight excluding hydrogens is 519 g/mol.